The summed E-state index contributed by atoms with van der Waals surface area (Å²) in [6, 6.07) is 1.95. The van der Waals surface area contributed by atoms with Gasteiger partial charge in [-0.15, -0.1) is 0 Å². The average Bonchev–Trinajstić information content (AvgIpc) is 2.41. The maximum atomic E-state index is 13.5. The maximum absolute atomic E-state index is 13.5. The number of hydrogen-bond donors (Lipinski definition) is 1. The molecule has 0 radical (unpaired) electrons. The van der Waals surface area contributed by atoms with Crippen LogP contribution in [0.2, 0.25) is 0 Å². The summed E-state index contributed by atoms with van der Waals surface area (Å²) in [7, 11) is 0. The van der Waals surface area contributed by atoms with Crippen LogP contribution in [0.15, 0.2) is 18.2 Å². The molecular weight excluding hydrogens is 270 g/mol. The lowest BCUT2D eigenvalue weighted by molar-refractivity contribution is -0.128. The van der Waals surface area contributed by atoms with Crippen LogP contribution in [0.3, 0.4) is 0 Å². The summed E-state index contributed by atoms with van der Waals surface area (Å²) in [5.74, 6) is -2.70. The number of carbonyl (C=O) groups excluding carboxylic acids is 2. The average molecular weight is 284 g/mol. The van der Waals surface area contributed by atoms with E-state index in [4.69, 9.17) is 10.5 Å². The monoisotopic (exact) mass is 284 g/mol. The number of rotatable bonds is 4. The lowest BCUT2D eigenvalue weighted by Gasteiger charge is -2.32. The summed E-state index contributed by atoms with van der Waals surface area (Å²) < 4.78 is 31.7. The first-order valence-corrected chi connectivity index (χ1v) is 6.08. The highest BCUT2D eigenvalue weighted by Crippen LogP contribution is 2.13. The minimum atomic E-state index is -0.791. The fraction of sp³-hybridized carbons (Fsp3) is 0.385. The van der Waals surface area contributed by atoms with Crippen LogP contribution in [0.1, 0.15) is 10.4 Å². The molecule has 1 amide bonds. The van der Waals surface area contributed by atoms with E-state index in [1.165, 1.54) is 4.90 Å². The minimum Gasteiger partial charge on any atom is -0.378 e. The highest BCUT2D eigenvalue weighted by Gasteiger charge is 2.29. The van der Waals surface area contributed by atoms with Crippen LogP contribution < -0.4 is 5.73 Å². The number of Topliss-reactive ketones (excluding diaryl/α,β-unsaturated/α-hetero) is 1. The van der Waals surface area contributed by atoms with Crippen molar-refractivity contribution in [3.8, 4) is 0 Å². The second-order valence-electron chi connectivity index (χ2n) is 4.51. The Balaban J connectivity index is 2.13. The lowest BCUT2D eigenvalue weighted by Crippen LogP contribution is -2.53. The molecular formula is C13H14F2N2O3. The van der Waals surface area contributed by atoms with Crippen molar-refractivity contribution >= 4 is 11.7 Å². The Labute approximate surface area is 114 Å². The molecule has 7 heteroatoms. The van der Waals surface area contributed by atoms with Crippen molar-refractivity contribution in [2.24, 2.45) is 5.73 Å². The summed E-state index contributed by atoms with van der Waals surface area (Å²) in [6.45, 7) is 0.560. The van der Waals surface area contributed by atoms with Gasteiger partial charge in [0.05, 0.1) is 25.3 Å². The molecule has 1 atom stereocenters. The molecule has 1 saturated heterocycles. The first-order valence-electron chi connectivity index (χ1n) is 6.08. The van der Waals surface area contributed by atoms with Crippen LogP contribution in [0.4, 0.5) is 8.78 Å². The smallest absolute Gasteiger partial charge is 0.237 e. The Bertz CT molecular complexity index is 536. The number of benzene rings is 1. The molecule has 1 aromatic rings. The highest BCUT2D eigenvalue weighted by atomic mass is 19.1. The van der Waals surface area contributed by atoms with E-state index < -0.39 is 29.4 Å². The number of ether oxygens (including phenoxy) is 1. The zero-order valence-electron chi connectivity index (χ0n) is 10.6. The largest absolute Gasteiger partial charge is 0.378 e. The molecule has 108 valence electrons. The lowest BCUT2D eigenvalue weighted by atomic mass is 10.1. The van der Waals surface area contributed by atoms with Crippen molar-refractivity contribution in [1.29, 1.82) is 0 Å². The van der Waals surface area contributed by atoms with Gasteiger partial charge in [0.1, 0.15) is 17.7 Å². The number of ketones is 1. The van der Waals surface area contributed by atoms with Crippen LogP contribution in [-0.2, 0) is 9.53 Å². The summed E-state index contributed by atoms with van der Waals surface area (Å²) in [5, 5.41) is 0. The molecule has 0 aliphatic carbocycles. The van der Waals surface area contributed by atoms with Crippen LogP contribution in [0.5, 0.6) is 0 Å². The first kappa shape index (κ1) is 14.5. The first-order chi connectivity index (χ1) is 9.49. The topological polar surface area (TPSA) is 72.6 Å². The number of carbonyl (C=O) groups is 2. The van der Waals surface area contributed by atoms with Crippen molar-refractivity contribution in [2.75, 3.05) is 26.3 Å². The van der Waals surface area contributed by atoms with Gasteiger partial charge in [-0.05, 0) is 18.2 Å². The van der Waals surface area contributed by atoms with E-state index in [9.17, 15) is 18.4 Å². The predicted molar refractivity (Wildman–Crippen MR) is 66.1 cm³/mol. The van der Waals surface area contributed by atoms with Crippen molar-refractivity contribution in [2.45, 2.75) is 6.04 Å². The van der Waals surface area contributed by atoms with E-state index in [1.807, 2.05) is 0 Å². The number of nitrogens with two attached hydrogens (primary N) is 1. The highest BCUT2D eigenvalue weighted by molar-refractivity contribution is 5.98. The summed E-state index contributed by atoms with van der Waals surface area (Å²) in [6.07, 6.45) is 0. The van der Waals surface area contributed by atoms with Crippen molar-refractivity contribution in [1.82, 2.24) is 4.90 Å². The Morgan fingerprint density at radius 2 is 2.15 bits per heavy atom. The van der Waals surface area contributed by atoms with Crippen LogP contribution in [0, 0.1) is 11.6 Å². The zero-order chi connectivity index (χ0) is 14.7. The van der Waals surface area contributed by atoms with Crippen molar-refractivity contribution in [3.63, 3.8) is 0 Å². The van der Waals surface area contributed by atoms with Gasteiger partial charge in [0, 0.05) is 6.54 Å². The predicted octanol–water partition coefficient (Wildman–Crippen LogP) is 0.334. The van der Waals surface area contributed by atoms with Gasteiger partial charge in [-0.2, -0.15) is 0 Å². The third-order valence-electron chi connectivity index (χ3n) is 3.14. The van der Waals surface area contributed by atoms with Crippen LogP contribution >= 0.6 is 0 Å². The third-order valence-corrected chi connectivity index (χ3v) is 3.14. The fourth-order valence-corrected chi connectivity index (χ4v) is 2.07. The van der Waals surface area contributed by atoms with Crippen molar-refractivity contribution in [3.05, 3.63) is 35.4 Å². The van der Waals surface area contributed by atoms with Crippen LogP contribution in [0.25, 0.3) is 0 Å². The number of primary amides is 1. The molecule has 20 heavy (non-hydrogen) atoms. The van der Waals surface area contributed by atoms with E-state index >= 15 is 0 Å². The standard InChI is InChI=1S/C13H14F2N2O3/c14-8-1-2-10(15)9(5-8)12(18)6-17-3-4-20-7-11(17)13(16)19/h1-2,5,11H,3-4,6-7H2,(H2,16,19). The molecule has 1 heterocycles. The van der Waals surface area contributed by atoms with Gasteiger partial charge in [-0.25, -0.2) is 8.78 Å². The van der Waals surface area contributed by atoms with Gasteiger partial charge in [-0.1, -0.05) is 0 Å². The summed E-state index contributed by atoms with van der Waals surface area (Å²) in [5.41, 5.74) is 4.89. The quantitative estimate of drug-likeness (QED) is 0.809. The van der Waals surface area contributed by atoms with Gasteiger partial charge >= 0.3 is 0 Å². The molecule has 5 nitrogen and oxygen atoms in total. The maximum Gasteiger partial charge on any atom is 0.237 e. The Kier molecular flexibility index (Phi) is 4.41. The van der Waals surface area contributed by atoms with Gasteiger partial charge in [0.15, 0.2) is 5.78 Å². The number of halogens is 2. The Hall–Kier alpha value is -1.86. The van der Waals surface area contributed by atoms with Crippen molar-refractivity contribution < 1.29 is 23.1 Å². The van der Waals surface area contributed by atoms with Gasteiger partial charge in [0.2, 0.25) is 5.91 Å². The minimum absolute atomic E-state index is 0.0915. The van der Waals surface area contributed by atoms with Crippen LogP contribution in [-0.4, -0.2) is 48.9 Å². The van der Waals surface area contributed by atoms with Gasteiger partial charge < -0.3 is 10.5 Å². The van der Waals surface area contributed by atoms with E-state index in [2.05, 4.69) is 0 Å². The number of amides is 1. The molecule has 0 bridgehead atoms. The molecule has 1 aliphatic rings. The number of hydrogen-bond acceptors (Lipinski definition) is 4. The molecule has 0 saturated carbocycles. The van der Waals surface area contributed by atoms with Gasteiger partial charge in [0.25, 0.3) is 0 Å². The number of morpholine rings is 1. The van der Waals surface area contributed by atoms with E-state index in [1.54, 1.807) is 0 Å². The molecule has 0 spiro atoms. The molecule has 1 aliphatic heterocycles. The third kappa shape index (κ3) is 3.17. The van der Waals surface area contributed by atoms with Gasteiger partial charge in [-0.3, -0.25) is 14.5 Å². The molecule has 2 rings (SSSR count). The second-order valence-corrected chi connectivity index (χ2v) is 4.51. The Morgan fingerprint density at radius 3 is 2.85 bits per heavy atom. The molecule has 1 fully saturated rings. The van der Waals surface area contributed by atoms with E-state index in [-0.39, 0.29) is 18.7 Å². The second kappa shape index (κ2) is 6.06. The molecule has 2 N–H and O–H groups in total. The van der Waals surface area contributed by atoms with E-state index in [0.29, 0.717) is 13.2 Å². The Morgan fingerprint density at radius 1 is 1.40 bits per heavy atom. The molecule has 1 unspecified atom stereocenters. The number of nitrogens with zero attached hydrogens (tertiary/aromatic N) is 1. The fourth-order valence-electron chi connectivity index (χ4n) is 2.07. The molecule has 1 aromatic carbocycles. The summed E-state index contributed by atoms with van der Waals surface area (Å²) >= 11 is 0. The zero-order valence-corrected chi connectivity index (χ0v) is 10.6. The summed E-state index contributed by atoms with van der Waals surface area (Å²) in [4.78, 5) is 24.8. The van der Waals surface area contributed by atoms with E-state index in [0.717, 1.165) is 18.2 Å². The normalized spacial score (nSPS) is 19.8. The molecule has 0 aromatic heterocycles. The SMILES string of the molecule is NC(=O)C1COCCN1CC(=O)c1cc(F)ccc1F.